The van der Waals surface area contributed by atoms with Gasteiger partial charge in [0.15, 0.2) is 5.96 Å². The van der Waals surface area contributed by atoms with Gasteiger partial charge in [0.25, 0.3) is 5.69 Å². The van der Waals surface area contributed by atoms with Gasteiger partial charge < -0.3 is 10.5 Å². The molecule has 0 radical (unpaired) electrons. The van der Waals surface area contributed by atoms with Crippen molar-refractivity contribution in [2.24, 2.45) is 10.7 Å². The fourth-order valence-electron chi connectivity index (χ4n) is 2.66. The number of guanidine groups is 1. The van der Waals surface area contributed by atoms with Gasteiger partial charge in [-0.1, -0.05) is 12.1 Å². The summed E-state index contributed by atoms with van der Waals surface area (Å²) in [5.41, 5.74) is 8.38. The van der Waals surface area contributed by atoms with Crippen LogP contribution in [-0.2, 0) is 0 Å². The van der Waals surface area contributed by atoms with Gasteiger partial charge in [-0.15, -0.1) is 0 Å². The van der Waals surface area contributed by atoms with Crippen molar-refractivity contribution < 1.29 is 9.66 Å². The molecule has 3 N–H and O–H groups in total. The zero-order chi connectivity index (χ0) is 20.8. The van der Waals surface area contributed by atoms with E-state index in [9.17, 15) is 10.1 Å². The Labute approximate surface area is 167 Å². The lowest BCUT2D eigenvalue weighted by Gasteiger charge is -2.10. The zero-order valence-corrected chi connectivity index (χ0v) is 16.0. The first kappa shape index (κ1) is 19.7. The van der Waals surface area contributed by atoms with E-state index in [1.807, 2.05) is 31.2 Å². The van der Waals surface area contributed by atoms with Crippen LogP contribution in [0.15, 0.2) is 59.6 Å². The maximum absolute atomic E-state index is 11.1. The normalized spacial score (nSPS) is 11.2. The summed E-state index contributed by atoms with van der Waals surface area (Å²) >= 11 is 0. The molecule has 3 rings (SSSR count). The van der Waals surface area contributed by atoms with E-state index in [1.54, 1.807) is 25.3 Å². The molecule has 148 valence electrons. The number of hydrogen-bond acceptors (Lipinski definition) is 6. The second-order valence-electron chi connectivity index (χ2n) is 5.98. The molecule has 9 heteroatoms. The number of nitrogens with one attached hydrogen (secondary N) is 1. The molecule has 9 nitrogen and oxygen atoms in total. The van der Waals surface area contributed by atoms with Crippen LogP contribution >= 0.6 is 0 Å². The standard InChI is InChI=1S/C20H20N6O3/c1-3-22-19(21)25-20-23-17(13-7-9-16(29-2)10-8-13)12-18(24-20)14-5-4-6-15(11-14)26(27)28/h4-12H,3H2,1-2H3,(H3,21,22,23,24,25). The van der Waals surface area contributed by atoms with Crippen molar-refractivity contribution in [3.8, 4) is 28.3 Å². The first-order valence-corrected chi connectivity index (χ1v) is 8.85. The predicted molar refractivity (Wildman–Crippen MR) is 112 cm³/mol. The number of nitrogens with two attached hydrogens (primary N) is 1. The molecule has 1 heterocycles. The summed E-state index contributed by atoms with van der Waals surface area (Å²) in [5, 5.41) is 14.0. The highest BCUT2D eigenvalue weighted by molar-refractivity contribution is 5.91. The average Bonchev–Trinajstić information content (AvgIpc) is 2.74. The molecule has 2 aromatic carbocycles. The number of ether oxygens (including phenoxy) is 1. The predicted octanol–water partition coefficient (Wildman–Crippen LogP) is 3.47. The van der Waals surface area contributed by atoms with Crippen molar-refractivity contribution in [1.82, 2.24) is 9.97 Å². The molecular formula is C20H20N6O3. The van der Waals surface area contributed by atoms with Crippen molar-refractivity contribution in [2.75, 3.05) is 19.0 Å². The first-order chi connectivity index (χ1) is 14.0. The lowest BCUT2D eigenvalue weighted by Crippen LogP contribution is -2.24. The molecule has 0 aliphatic carbocycles. The molecular weight excluding hydrogens is 372 g/mol. The number of nitro benzene ring substituents is 1. The lowest BCUT2D eigenvalue weighted by atomic mass is 10.1. The van der Waals surface area contributed by atoms with Crippen LogP contribution in [-0.4, -0.2) is 34.5 Å². The molecule has 3 aromatic rings. The average molecular weight is 392 g/mol. The van der Waals surface area contributed by atoms with Gasteiger partial charge in [0.1, 0.15) is 5.75 Å². The van der Waals surface area contributed by atoms with E-state index in [2.05, 4.69) is 20.3 Å². The minimum atomic E-state index is -0.444. The fraction of sp³-hybridized carbons (Fsp3) is 0.150. The SMILES string of the molecule is CCN=C(N)Nc1nc(-c2ccc(OC)cc2)cc(-c2cccc([N+](=O)[O-])c2)n1. The summed E-state index contributed by atoms with van der Waals surface area (Å²) in [6, 6.07) is 15.4. The Morgan fingerprint density at radius 3 is 2.45 bits per heavy atom. The van der Waals surface area contributed by atoms with Crippen LogP contribution in [0, 0.1) is 10.1 Å². The fourth-order valence-corrected chi connectivity index (χ4v) is 2.66. The quantitative estimate of drug-likeness (QED) is 0.284. The van der Waals surface area contributed by atoms with Crippen LogP contribution < -0.4 is 15.8 Å². The van der Waals surface area contributed by atoms with Gasteiger partial charge in [-0.25, -0.2) is 9.97 Å². The molecule has 0 unspecified atom stereocenters. The molecule has 0 aliphatic rings. The molecule has 0 atom stereocenters. The maximum Gasteiger partial charge on any atom is 0.270 e. The third-order valence-corrected chi connectivity index (χ3v) is 4.03. The lowest BCUT2D eigenvalue weighted by molar-refractivity contribution is -0.384. The second-order valence-corrected chi connectivity index (χ2v) is 5.98. The van der Waals surface area contributed by atoms with E-state index in [0.717, 1.165) is 11.3 Å². The third kappa shape index (κ3) is 4.83. The second kappa shape index (κ2) is 8.79. The van der Waals surface area contributed by atoms with E-state index in [4.69, 9.17) is 10.5 Å². The number of anilines is 1. The van der Waals surface area contributed by atoms with Crippen LogP contribution in [0.5, 0.6) is 5.75 Å². The van der Waals surface area contributed by atoms with Crippen molar-refractivity contribution in [3.05, 3.63) is 64.7 Å². The number of methoxy groups -OCH3 is 1. The molecule has 0 saturated carbocycles. The molecule has 0 aliphatic heterocycles. The van der Waals surface area contributed by atoms with Gasteiger partial charge in [-0.05, 0) is 37.3 Å². The van der Waals surface area contributed by atoms with E-state index in [0.29, 0.717) is 23.5 Å². The number of benzene rings is 2. The van der Waals surface area contributed by atoms with Crippen molar-refractivity contribution >= 4 is 17.6 Å². The number of rotatable bonds is 6. The van der Waals surface area contributed by atoms with Crippen LogP contribution in [0.3, 0.4) is 0 Å². The summed E-state index contributed by atoms with van der Waals surface area (Å²) in [4.78, 5) is 23.7. The number of nitrogens with zero attached hydrogens (tertiary/aromatic N) is 4. The van der Waals surface area contributed by atoms with E-state index in [1.165, 1.54) is 12.1 Å². The summed E-state index contributed by atoms with van der Waals surface area (Å²) in [7, 11) is 1.60. The molecule has 0 bridgehead atoms. The number of non-ortho nitro benzene ring substituents is 1. The highest BCUT2D eigenvalue weighted by Gasteiger charge is 2.13. The number of nitro groups is 1. The Morgan fingerprint density at radius 2 is 1.83 bits per heavy atom. The summed E-state index contributed by atoms with van der Waals surface area (Å²) < 4.78 is 5.20. The van der Waals surface area contributed by atoms with Crippen molar-refractivity contribution in [1.29, 1.82) is 0 Å². The van der Waals surface area contributed by atoms with Crippen LogP contribution in [0.2, 0.25) is 0 Å². The molecule has 0 saturated heterocycles. The van der Waals surface area contributed by atoms with Crippen molar-refractivity contribution in [2.45, 2.75) is 6.92 Å². The summed E-state index contributed by atoms with van der Waals surface area (Å²) in [6.07, 6.45) is 0. The highest BCUT2D eigenvalue weighted by Crippen LogP contribution is 2.28. The van der Waals surface area contributed by atoms with Crippen LogP contribution in [0.1, 0.15) is 6.92 Å². The van der Waals surface area contributed by atoms with Crippen LogP contribution in [0.25, 0.3) is 22.5 Å². The largest absolute Gasteiger partial charge is 0.497 e. The maximum atomic E-state index is 11.1. The third-order valence-electron chi connectivity index (χ3n) is 4.03. The monoisotopic (exact) mass is 392 g/mol. The van der Waals surface area contributed by atoms with Gasteiger partial charge in [-0.3, -0.25) is 20.4 Å². The van der Waals surface area contributed by atoms with E-state index >= 15 is 0 Å². The van der Waals surface area contributed by atoms with Gasteiger partial charge >= 0.3 is 0 Å². The summed E-state index contributed by atoms with van der Waals surface area (Å²) in [6.45, 7) is 2.37. The minimum absolute atomic E-state index is 0.0197. The van der Waals surface area contributed by atoms with Gasteiger partial charge in [0, 0.05) is 29.8 Å². The van der Waals surface area contributed by atoms with Gasteiger partial charge in [0.05, 0.1) is 23.4 Å². The van der Waals surface area contributed by atoms with Crippen molar-refractivity contribution in [3.63, 3.8) is 0 Å². The topological polar surface area (TPSA) is 129 Å². The van der Waals surface area contributed by atoms with Crippen LogP contribution in [0.4, 0.5) is 11.6 Å². The van der Waals surface area contributed by atoms with Gasteiger partial charge in [-0.2, -0.15) is 0 Å². The smallest absolute Gasteiger partial charge is 0.270 e. The van der Waals surface area contributed by atoms with E-state index < -0.39 is 4.92 Å². The molecule has 0 amide bonds. The minimum Gasteiger partial charge on any atom is -0.497 e. The van der Waals surface area contributed by atoms with Gasteiger partial charge in [0.2, 0.25) is 5.95 Å². The summed E-state index contributed by atoms with van der Waals surface area (Å²) in [5.74, 6) is 1.15. The van der Waals surface area contributed by atoms with E-state index in [-0.39, 0.29) is 17.6 Å². The molecule has 29 heavy (non-hydrogen) atoms. The Bertz CT molecular complexity index is 1050. The molecule has 0 spiro atoms. The Morgan fingerprint density at radius 1 is 1.14 bits per heavy atom. The molecule has 1 aromatic heterocycles. The number of aliphatic imine (C=N–C) groups is 1. The highest BCUT2D eigenvalue weighted by atomic mass is 16.6. The zero-order valence-electron chi connectivity index (χ0n) is 16.0. The number of aromatic nitrogens is 2. The Hall–Kier alpha value is -4.01. The number of hydrogen-bond donors (Lipinski definition) is 2. The Balaban J connectivity index is 2.10. The Kier molecular flexibility index (Phi) is 5.98. The molecule has 0 fully saturated rings. The first-order valence-electron chi connectivity index (χ1n) is 8.85.